The minimum absolute atomic E-state index is 0.0428. The monoisotopic (exact) mass is 259 g/mol. The Hall–Kier alpha value is -1.95. The first-order valence-electron chi connectivity index (χ1n) is 5.35. The topological polar surface area (TPSA) is 88.5 Å². The van der Waals surface area contributed by atoms with Gasteiger partial charge in [0.05, 0.1) is 0 Å². The van der Waals surface area contributed by atoms with Crippen molar-refractivity contribution in [3.05, 3.63) is 41.5 Å². The van der Waals surface area contributed by atoms with Gasteiger partial charge in [-0.2, -0.15) is 0 Å². The Bertz CT molecular complexity index is 577. The van der Waals surface area contributed by atoms with E-state index in [9.17, 15) is 0 Å². The summed E-state index contributed by atoms with van der Waals surface area (Å²) in [6.45, 7) is 3.87. The Labute approximate surface area is 109 Å². The predicted molar refractivity (Wildman–Crippen MR) is 70.9 cm³/mol. The molecule has 3 N–H and O–H groups in total. The van der Waals surface area contributed by atoms with Gasteiger partial charge in [0.15, 0.2) is 5.16 Å². The highest BCUT2D eigenvalue weighted by atomic mass is 32.2. The number of nitrogen functional groups attached to an aromatic ring is 1. The maximum atomic E-state index is 7.35. The molecule has 18 heavy (non-hydrogen) atoms. The van der Waals surface area contributed by atoms with Crippen LogP contribution in [0.15, 0.2) is 34.4 Å². The lowest BCUT2D eigenvalue weighted by molar-refractivity contribution is 0.902. The highest BCUT2D eigenvalue weighted by Crippen LogP contribution is 2.24. The van der Waals surface area contributed by atoms with Crippen molar-refractivity contribution in [2.75, 3.05) is 0 Å². The summed E-state index contributed by atoms with van der Waals surface area (Å²) in [4.78, 5) is 13.6. The highest BCUT2D eigenvalue weighted by Gasteiger charge is 2.05. The average molecular weight is 259 g/mol. The molecule has 2 aromatic heterocycles. The standard InChI is InChI=1S/C12H13N5S/c1-7-5-8(2)17-12(16-7)18-9-3-4-15-10(6-9)11(13)14/h3-6H,1-2H3,(H3,13,14). The molecular weight excluding hydrogens is 246 g/mol. The minimum atomic E-state index is -0.0428. The summed E-state index contributed by atoms with van der Waals surface area (Å²) in [5, 5.41) is 8.04. The van der Waals surface area contributed by atoms with E-state index in [1.54, 1.807) is 12.3 Å². The first-order valence-corrected chi connectivity index (χ1v) is 6.17. The van der Waals surface area contributed by atoms with Gasteiger partial charge in [-0.15, -0.1) is 0 Å². The number of hydrogen-bond donors (Lipinski definition) is 2. The van der Waals surface area contributed by atoms with Gasteiger partial charge in [0.25, 0.3) is 0 Å². The van der Waals surface area contributed by atoms with Crippen LogP contribution in [-0.4, -0.2) is 20.8 Å². The Morgan fingerprint density at radius 2 is 1.89 bits per heavy atom. The van der Waals surface area contributed by atoms with Gasteiger partial charge in [-0.1, -0.05) is 0 Å². The number of aromatic nitrogens is 3. The molecule has 0 saturated carbocycles. The summed E-state index contributed by atoms with van der Waals surface area (Å²) >= 11 is 1.43. The molecule has 2 heterocycles. The highest BCUT2D eigenvalue weighted by molar-refractivity contribution is 7.99. The van der Waals surface area contributed by atoms with Crippen LogP contribution in [0.3, 0.4) is 0 Å². The van der Waals surface area contributed by atoms with Gasteiger partial charge < -0.3 is 5.73 Å². The van der Waals surface area contributed by atoms with E-state index in [-0.39, 0.29) is 5.84 Å². The van der Waals surface area contributed by atoms with E-state index in [0.29, 0.717) is 10.9 Å². The number of amidine groups is 1. The summed E-state index contributed by atoms with van der Waals surface area (Å²) in [5.74, 6) is -0.0428. The molecule has 0 aliphatic carbocycles. The van der Waals surface area contributed by atoms with Gasteiger partial charge in [0.2, 0.25) is 0 Å². The molecule has 0 amide bonds. The predicted octanol–water partition coefficient (Wildman–Crippen LogP) is 1.92. The number of aryl methyl sites for hydroxylation is 2. The van der Waals surface area contributed by atoms with Crippen molar-refractivity contribution in [3.8, 4) is 0 Å². The van der Waals surface area contributed by atoms with Gasteiger partial charge in [0, 0.05) is 22.5 Å². The SMILES string of the molecule is Cc1cc(C)nc(Sc2ccnc(C(=N)N)c2)n1. The first kappa shape index (κ1) is 12.5. The van der Waals surface area contributed by atoms with Crippen molar-refractivity contribution < 1.29 is 0 Å². The van der Waals surface area contributed by atoms with Crippen molar-refractivity contribution in [2.45, 2.75) is 23.9 Å². The third kappa shape index (κ3) is 3.04. The molecule has 0 spiro atoms. The average Bonchev–Trinajstić information content (AvgIpc) is 2.27. The van der Waals surface area contributed by atoms with Crippen LogP contribution < -0.4 is 5.73 Å². The Morgan fingerprint density at radius 3 is 2.50 bits per heavy atom. The fourth-order valence-electron chi connectivity index (χ4n) is 1.47. The first-order chi connectivity index (χ1) is 8.54. The Morgan fingerprint density at radius 1 is 1.22 bits per heavy atom. The zero-order valence-corrected chi connectivity index (χ0v) is 11.0. The second-order valence-corrected chi connectivity index (χ2v) is 4.87. The van der Waals surface area contributed by atoms with E-state index in [1.807, 2.05) is 26.0 Å². The molecule has 6 heteroatoms. The molecule has 0 radical (unpaired) electrons. The molecule has 0 aromatic carbocycles. The molecule has 0 saturated heterocycles. The molecule has 5 nitrogen and oxygen atoms in total. The lowest BCUT2D eigenvalue weighted by atomic mass is 10.3. The molecule has 0 unspecified atom stereocenters. The van der Waals surface area contributed by atoms with Gasteiger partial charge in [-0.05, 0) is 43.8 Å². The minimum Gasteiger partial charge on any atom is -0.382 e. The van der Waals surface area contributed by atoms with Gasteiger partial charge in [-0.25, -0.2) is 9.97 Å². The van der Waals surface area contributed by atoms with Gasteiger partial charge >= 0.3 is 0 Å². The maximum absolute atomic E-state index is 7.35. The summed E-state index contributed by atoms with van der Waals surface area (Å²) in [5.41, 5.74) is 7.74. The van der Waals surface area contributed by atoms with Crippen molar-refractivity contribution in [2.24, 2.45) is 5.73 Å². The second-order valence-electron chi connectivity index (χ2n) is 3.83. The van der Waals surface area contributed by atoms with E-state index in [1.165, 1.54) is 11.8 Å². The zero-order valence-electron chi connectivity index (χ0n) is 10.1. The summed E-state index contributed by atoms with van der Waals surface area (Å²) in [7, 11) is 0. The molecule has 0 aliphatic heterocycles. The smallest absolute Gasteiger partial charge is 0.192 e. The number of rotatable bonds is 3. The Balaban J connectivity index is 2.28. The van der Waals surface area contributed by atoms with Gasteiger partial charge in [0.1, 0.15) is 11.5 Å². The maximum Gasteiger partial charge on any atom is 0.192 e. The quantitative estimate of drug-likeness (QED) is 0.499. The van der Waals surface area contributed by atoms with Crippen LogP contribution in [0.2, 0.25) is 0 Å². The van der Waals surface area contributed by atoms with E-state index in [2.05, 4.69) is 15.0 Å². The summed E-state index contributed by atoms with van der Waals surface area (Å²) in [6.07, 6.45) is 1.63. The van der Waals surface area contributed by atoms with Crippen LogP contribution in [-0.2, 0) is 0 Å². The molecular formula is C12H13N5S. The number of nitrogens with zero attached hydrogens (tertiary/aromatic N) is 3. The van der Waals surface area contributed by atoms with E-state index >= 15 is 0 Å². The molecule has 2 aromatic rings. The normalized spacial score (nSPS) is 10.3. The third-order valence-electron chi connectivity index (χ3n) is 2.18. The largest absolute Gasteiger partial charge is 0.382 e. The van der Waals surface area contributed by atoms with Crippen LogP contribution >= 0.6 is 11.8 Å². The second kappa shape index (κ2) is 5.14. The third-order valence-corrected chi connectivity index (χ3v) is 3.03. The van der Waals surface area contributed by atoms with Crippen molar-refractivity contribution in [1.82, 2.24) is 15.0 Å². The fraction of sp³-hybridized carbons (Fsp3) is 0.167. The zero-order chi connectivity index (χ0) is 13.1. The van der Waals surface area contributed by atoms with Crippen molar-refractivity contribution in [1.29, 1.82) is 5.41 Å². The van der Waals surface area contributed by atoms with E-state index < -0.39 is 0 Å². The van der Waals surface area contributed by atoms with Crippen LogP contribution in [0, 0.1) is 19.3 Å². The lowest BCUT2D eigenvalue weighted by Crippen LogP contribution is -2.12. The van der Waals surface area contributed by atoms with Crippen LogP contribution in [0.1, 0.15) is 17.1 Å². The van der Waals surface area contributed by atoms with Crippen LogP contribution in [0.25, 0.3) is 0 Å². The van der Waals surface area contributed by atoms with Crippen LogP contribution in [0.5, 0.6) is 0 Å². The number of pyridine rings is 1. The van der Waals surface area contributed by atoms with Crippen LogP contribution in [0.4, 0.5) is 0 Å². The molecule has 0 fully saturated rings. The van der Waals surface area contributed by atoms with Crippen molar-refractivity contribution >= 4 is 17.6 Å². The van der Waals surface area contributed by atoms with Crippen molar-refractivity contribution in [3.63, 3.8) is 0 Å². The number of hydrogen-bond acceptors (Lipinski definition) is 5. The summed E-state index contributed by atoms with van der Waals surface area (Å²) < 4.78 is 0. The Kier molecular flexibility index (Phi) is 3.57. The summed E-state index contributed by atoms with van der Waals surface area (Å²) in [6, 6.07) is 5.53. The fourth-order valence-corrected chi connectivity index (χ4v) is 2.36. The number of nitrogens with two attached hydrogens (primary N) is 1. The number of nitrogens with one attached hydrogen (secondary N) is 1. The molecule has 0 aliphatic rings. The molecule has 0 atom stereocenters. The molecule has 0 bridgehead atoms. The lowest BCUT2D eigenvalue weighted by Gasteiger charge is -2.04. The van der Waals surface area contributed by atoms with Gasteiger partial charge in [-0.3, -0.25) is 10.4 Å². The molecule has 2 rings (SSSR count). The van der Waals surface area contributed by atoms with E-state index in [0.717, 1.165) is 16.3 Å². The molecule has 92 valence electrons. The van der Waals surface area contributed by atoms with E-state index in [4.69, 9.17) is 11.1 Å².